The van der Waals surface area contributed by atoms with E-state index in [0.717, 1.165) is 0 Å². The van der Waals surface area contributed by atoms with E-state index in [1.54, 1.807) is 0 Å². The number of nitrogens with one attached hydrogen (secondary N) is 1. The second kappa shape index (κ2) is 7.28. The average molecular weight is 335 g/mol. The summed E-state index contributed by atoms with van der Waals surface area (Å²) in [6.45, 7) is 0. The summed E-state index contributed by atoms with van der Waals surface area (Å²) in [7, 11) is 1.50. The first-order valence-electron chi connectivity index (χ1n) is 7.90. The zero-order valence-corrected chi connectivity index (χ0v) is 13.8. The van der Waals surface area contributed by atoms with Gasteiger partial charge < -0.3 is 10.1 Å². The molecule has 1 amide bonds. The molecule has 3 rings (SSSR count). The molecule has 0 fully saturated rings. The second-order valence-corrected chi connectivity index (χ2v) is 5.58. The van der Waals surface area contributed by atoms with Crippen LogP contribution in [-0.4, -0.2) is 13.0 Å². The molecule has 0 atom stereocenters. The molecule has 126 valence electrons. The third-order valence-electron chi connectivity index (χ3n) is 4.09. The van der Waals surface area contributed by atoms with E-state index in [-0.39, 0.29) is 11.7 Å². The molecule has 25 heavy (non-hydrogen) atoms. The van der Waals surface area contributed by atoms with Crippen molar-refractivity contribution < 1.29 is 13.9 Å². The Morgan fingerprint density at radius 1 is 0.840 bits per heavy atom. The normalized spacial score (nSPS) is 11.1. The Morgan fingerprint density at radius 3 is 1.76 bits per heavy atom. The van der Waals surface area contributed by atoms with Crippen LogP contribution >= 0.6 is 0 Å². The van der Waals surface area contributed by atoms with Gasteiger partial charge in [0.2, 0.25) is 0 Å². The zero-order valence-electron chi connectivity index (χ0n) is 13.8. The van der Waals surface area contributed by atoms with E-state index in [1.807, 2.05) is 60.7 Å². The largest absolute Gasteiger partial charge is 0.359 e. The minimum Gasteiger partial charge on any atom is -0.359 e. The first-order chi connectivity index (χ1) is 12.2. The molecular formula is C21H18FNO2. The van der Waals surface area contributed by atoms with E-state index >= 15 is 0 Å². The molecule has 0 bridgehead atoms. The van der Waals surface area contributed by atoms with Gasteiger partial charge in [0, 0.05) is 12.8 Å². The highest BCUT2D eigenvalue weighted by Gasteiger charge is 2.42. The van der Waals surface area contributed by atoms with Crippen molar-refractivity contribution in [1.29, 1.82) is 0 Å². The van der Waals surface area contributed by atoms with Crippen LogP contribution in [0.25, 0.3) is 0 Å². The number of benzene rings is 3. The lowest BCUT2D eigenvalue weighted by Gasteiger charge is -2.32. The van der Waals surface area contributed by atoms with Gasteiger partial charge >= 0.3 is 0 Å². The number of rotatable bonds is 5. The fourth-order valence-electron chi connectivity index (χ4n) is 2.86. The second-order valence-electron chi connectivity index (χ2n) is 5.58. The van der Waals surface area contributed by atoms with Crippen LogP contribution in [-0.2, 0) is 15.1 Å². The van der Waals surface area contributed by atoms with Gasteiger partial charge in [-0.3, -0.25) is 4.79 Å². The van der Waals surface area contributed by atoms with Crippen LogP contribution in [0.3, 0.4) is 0 Å². The van der Waals surface area contributed by atoms with Crippen LogP contribution < -0.4 is 5.32 Å². The van der Waals surface area contributed by atoms with Gasteiger partial charge in [0.25, 0.3) is 5.91 Å². The van der Waals surface area contributed by atoms with E-state index in [1.165, 1.54) is 31.4 Å². The molecular weight excluding hydrogens is 317 g/mol. The van der Waals surface area contributed by atoms with Crippen LogP contribution in [0.4, 0.5) is 10.1 Å². The Hall–Kier alpha value is -2.98. The fourth-order valence-corrected chi connectivity index (χ4v) is 2.86. The summed E-state index contributed by atoms with van der Waals surface area (Å²) >= 11 is 0. The Labute approximate surface area is 146 Å². The monoisotopic (exact) mass is 335 g/mol. The summed E-state index contributed by atoms with van der Waals surface area (Å²) < 4.78 is 18.9. The van der Waals surface area contributed by atoms with Crippen molar-refractivity contribution >= 4 is 11.6 Å². The highest BCUT2D eigenvalue weighted by Crippen LogP contribution is 2.34. The lowest BCUT2D eigenvalue weighted by atomic mass is 9.85. The van der Waals surface area contributed by atoms with Crippen LogP contribution in [0.15, 0.2) is 84.9 Å². The number of anilines is 1. The Balaban J connectivity index is 2.07. The molecule has 3 aromatic rings. The van der Waals surface area contributed by atoms with Crippen molar-refractivity contribution in [3.63, 3.8) is 0 Å². The first kappa shape index (κ1) is 16.9. The molecule has 4 heteroatoms. The van der Waals surface area contributed by atoms with Crippen molar-refractivity contribution in [1.82, 2.24) is 0 Å². The fraction of sp³-hybridized carbons (Fsp3) is 0.0952. The topological polar surface area (TPSA) is 38.3 Å². The smallest absolute Gasteiger partial charge is 0.265 e. The van der Waals surface area contributed by atoms with Gasteiger partial charge in [-0.05, 0) is 35.4 Å². The van der Waals surface area contributed by atoms with Crippen LogP contribution in [0, 0.1) is 5.82 Å². The van der Waals surface area contributed by atoms with E-state index in [4.69, 9.17) is 4.74 Å². The molecule has 0 saturated heterocycles. The van der Waals surface area contributed by atoms with Gasteiger partial charge in [0.15, 0.2) is 5.60 Å². The molecule has 0 aliphatic rings. The molecule has 0 aromatic heterocycles. The quantitative estimate of drug-likeness (QED) is 0.752. The molecule has 0 spiro atoms. The maximum absolute atomic E-state index is 13.2. The van der Waals surface area contributed by atoms with Gasteiger partial charge in [0.1, 0.15) is 5.82 Å². The number of hydrogen-bond donors (Lipinski definition) is 1. The standard InChI is InChI=1S/C21H18FNO2/c1-25-21(16-8-4-2-5-9-16,17-10-6-3-7-11-17)20(24)23-19-14-12-18(22)13-15-19/h2-15H,1H3,(H,23,24). The highest BCUT2D eigenvalue weighted by atomic mass is 19.1. The van der Waals surface area contributed by atoms with Crippen LogP contribution in [0.1, 0.15) is 11.1 Å². The first-order valence-corrected chi connectivity index (χ1v) is 7.90. The molecule has 0 aliphatic carbocycles. The Kier molecular flexibility index (Phi) is 4.91. The molecule has 0 unspecified atom stereocenters. The molecule has 0 radical (unpaired) electrons. The van der Waals surface area contributed by atoms with Gasteiger partial charge in [-0.25, -0.2) is 4.39 Å². The van der Waals surface area contributed by atoms with Crippen molar-refractivity contribution in [2.45, 2.75) is 5.60 Å². The Morgan fingerprint density at radius 2 is 1.32 bits per heavy atom. The summed E-state index contributed by atoms with van der Waals surface area (Å²) in [5, 5.41) is 2.83. The lowest BCUT2D eigenvalue weighted by Crippen LogP contribution is -2.43. The minimum atomic E-state index is -1.31. The summed E-state index contributed by atoms with van der Waals surface area (Å²) in [6.07, 6.45) is 0. The van der Waals surface area contributed by atoms with Gasteiger partial charge in [-0.1, -0.05) is 60.7 Å². The van der Waals surface area contributed by atoms with Gasteiger partial charge in [-0.2, -0.15) is 0 Å². The molecule has 0 aliphatic heterocycles. The van der Waals surface area contributed by atoms with Crippen molar-refractivity contribution in [3.05, 3.63) is 102 Å². The van der Waals surface area contributed by atoms with E-state index in [9.17, 15) is 9.18 Å². The van der Waals surface area contributed by atoms with Crippen LogP contribution in [0.2, 0.25) is 0 Å². The maximum atomic E-state index is 13.2. The van der Waals surface area contributed by atoms with E-state index in [2.05, 4.69) is 5.32 Å². The highest BCUT2D eigenvalue weighted by molar-refractivity contribution is 6.00. The predicted octanol–water partition coefficient (Wildman–Crippen LogP) is 4.35. The van der Waals surface area contributed by atoms with Gasteiger partial charge in [-0.15, -0.1) is 0 Å². The summed E-state index contributed by atoms with van der Waals surface area (Å²) in [4.78, 5) is 13.2. The van der Waals surface area contributed by atoms with Crippen molar-refractivity contribution in [2.75, 3.05) is 12.4 Å². The Bertz CT molecular complexity index is 793. The number of carbonyl (C=O) groups is 1. The summed E-state index contributed by atoms with van der Waals surface area (Å²) in [6, 6.07) is 24.2. The molecule has 1 N–H and O–H groups in total. The molecule has 3 aromatic carbocycles. The number of amides is 1. The van der Waals surface area contributed by atoms with Crippen molar-refractivity contribution in [2.24, 2.45) is 0 Å². The molecule has 3 nitrogen and oxygen atoms in total. The SMILES string of the molecule is COC(C(=O)Nc1ccc(F)cc1)(c1ccccc1)c1ccccc1. The summed E-state index contributed by atoms with van der Waals surface area (Å²) in [5.41, 5.74) is 0.614. The van der Waals surface area contributed by atoms with E-state index in [0.29, 0.717) is 16.8 Å². The number of hydrogen-bond acceptors (Lipinski definition) is 2. The number of carbonyl (C=O) groups excluding carboxylic acids is 1. The molecule has 0 heterocycles. The van der Waals surface area contributed by atoms with Crippen molar-refractivity contribution in [3.8, 4) is 0 Å². The third kappa shape index (κ3) is 3.30. The van der Waals surface area contributed by atoms with E-state index < -0.39 is 5.60 Å². The minimum absolute atomic E-state index is 0.348. The number of methoxy groups -OCH3 is 1. The molecule has 0 saturated carbocycles. The van der Waals surface area contributed by atoms with Crippen LogP contribution in [0.5, 0.6) is 0 Å². The third-order valence-corrected chi connectivity index (χ3v) is 4.09. The number of halogens is 1. The van der Waals surface area contributed by atoms with Gasteiger partial charge in [0.05, 0.1) is 0 Å². The lowest BCUT2D eigenvalue weighted by molar-refractivity contribution is -0.134. The average Bonchev–Trinajstić information content (AvgIpc) is 2.66. The predicted molar refractivity (Wildman–Crippen MR) is 95.7 cm³/mol. The zero-order chi connectivity index (χ0) is 17.7. The summed E-state index contributed by atoms with van der Waals surface area (Å²) in [5.74, 6) is -0.707. The maximum Gasteiger partial charge on any atom is 0.265 e. The number of ether oxygens (including phenoxy) is 1.